The van der Waals surface area contributed by atoms with Crippen molar-refractivity contribution in [2.75, 3.05) is 33.3 Å². The van der Waals surface area contributed by atoms with Crippen LogP contribution in [0.4, 0.5) is 4.79 Å². The van der Waals surface area contributed by atoms with E-state index < -0.39 is 10.0 Å². The van der Waals surface area contributed by atoms with Gasteiger partial charge < -0.3 is 15.0 Å². The Hall–Kier alpha value is -1.80. The molecule has 110 valence electrons. The summed E-state index contributed by atoms with van der Waals surface area (Å²) in [4.78, 5) is 13.0. The highest BCUT2D eigenvalue weighted by Crippen LogP contribution is 2.15. The van der Waals surface area contributed by atoms with Crippen molar-refractivity contribution in [2.45, 2.75) is 4.90 Å². The predicted molar refractivity (Wildman–Crippen MR) is 73.2 cm³/mol. The van der Waals surface area contributed by atoms with Crippen LogP contribution in [-0.2, 0) is 10.0 Å². The zero-order valence-corrected chi connectivity index (χ0v) is 11.9. The van der Waals surface area contributed by atoms with Crippen molar-refractivity contribution in [2.24, 2.45) is 0 Å². The van der Waals surface area contributed by atoms with Crippen LogP contribution < -0.4 is 14.8 Å². The molecule has 1 aromatic carbocycles. The normalized spacial score (nSPS) is 15.2. The Kier molecular flexibility index (Phi) is 4.46. The van der Waals surface area contributed by atoms with Crippen molar-refractivity contribution in [1.82, 2.24) is 14.9 Å². The first-order valence-corrected chi connectivity index (χ1v) is 7.68. The van der Waals surface area contributed by atoms with Crippen LogP contribution in [0, 0.1) is 0 Å². The van der Waals surface area contributed by atoms with E-state index in [2.05, 4.69) is 10.0 Å². The summed E-state index contributed by atoms with van der Waals surface area (Å²) in [5.41, 5.74) is 0. The summed E-state index contributed by atoms with van der Waals surface area (Å²) in [5, 5.41) is 2.66. The second-order valence-corrected chi connectivity index (χ2v) is 6.06. The molecule has 0 atom stereocenters. The van der Waals surface area contributed by atoms with Crippen LogP contribution in [0.3, 0.4) is 0 Å². The molecule has 1 saturated heterocycles. The Morgan fingerprint density at radius 3 is 2.60 bits per heavy atom. The lowest BCUT2D eigenvalue weighted by Gasteiger charge is -2.14. The largest absolute Gasteiger partial charge is 0.497 e. The van der Waals surface area contributed by atoms with Crippen LogP contribution in [0.1, 0.15) is 0 Å². The Bertz CT molecular complexity index is 571. The van der Waals surface area contributed by atoms with E-state index in [-0.39, 0.29) is 17.5 Å². The minimum Gasteiger partial charge on any atom is -0.497 e. The van der Waals surface area contributed by atoms with E-state index in [1.165, 1.54) is 19.2 Å². The molecule has 1 aromatic rings. The second kappa shape index (κ2) is 6.10. The Balaban J connectivity index is 1.91. The number of hydrogen-bond donors (Lipinski definition) is 2. The van der Waals surface area contributed by atoms with Crippen molar-refractivity contribution in [3.05, 3.63) is 24.3 Å². The Labute approximate surface area is 118 Å². The molecule has 2 rings (SSSR count). The lowest BCUT2D eigenvalue weighted by atomic mass is 10.3. The van der Waals surface area contributed by atoms with E-state index in [1.54, 1.807) is 17.0 Å². The molecule has 1 aliphatic heterocycles. The zero-order valence-electron chi connectivity index (χ0n) is 11.1. The molecule has 0 radical (unpaired) electrons. The highest BCUT2D eigenvalue weighted by Gasteiger charge is 2.20. The SMILES string of the molecule is COc1ccc(S(=O)(=O)NCCN2CCNC2=O)cc1. The summed E-state index contributed by atoms with van der Waals surface area (Å²) in [5.74, 6) is 0.595. The average Bonchev–Trinajstić information content (AvgIpc) is 2.84. The van der Waals surface area contributed by atoms with Gasteiger partial charge in [0.2, 0.25) is 10.0 Å². The fraction of sp³-hybridized carbons (Fsp3) is 0.417. The van der Waals surface area contributed by atoms with Gasteiger partial charge in [-0.2, -0.15) is 0 Å². The van der Waals surface area contributed by atoms with Crippen molar-refractivity contribution in [1.29, 1.82) is 0 Å². The maximum atomic E-state index is 12.0. The molecular formula is C12H17N3O4S. The van der Waals surface area contributed by atoms with Crippen molar-refractivity contribution < 1.29 is 17.9 Å². The minimum atomic E-state index is -3.56. The molecule has 0 spiro atoms. The Morgan fingerprint density at radius 1 is 1.35 bits per heavy atom. The molecule has 2 N–H and O–H groups in total. The molecule has 0 saturated carbocycles. The van der Waals surface area contributed by atoms with E-state index in [4.69, 9.17) is 4.74 Å². The van der Waals surface area contributed by atoms with E-state index in [1.807, 2.05) is 0 Å². The molecule has 0 bridgehead atoms. The van der Waals surface area contributed by atoms with Crippen LogP contribution in [0.15, 0.2) is 29.2 Å². The van der Waals surface area contributed by atoms with Gasteiger partial charge in [-0.25, -0.2) is 17.9 Å². The Morgan fingerprint density at radius 2 is 2.05 bits per heavy atom. The molecular weight excluding hydrogens is 282 g/mol. The van der Waals surface area contributed by atoms with Gasteiger partial charge in [0.25, 0.3) is 0 Å². The van der Waals surface area contributed by atoms with Gasteiger partial charge in [-0.15, -0.1) is 0 Å². The summed E-state index contributed by atoms with van der Waals surface area (Å²) in [6, 6.07) is 5.96. The number of ether oxygens (including phenoxy) is 1. The number of carbonyl (C=O) groups excluding carboxylic acids is 1. The molecule has 8 heteroatoms. The summed E-state index contributed by atoms with van der Waals surface area (Å²) in [6.07, 6.45) is 0. The van der Waals surface area contributed by atoms with Gasteiger partial charge in [0, 0.05) is 26.2 Å². The fourth-order valence-electron chi connectivity index (χ4n) is 1.88. The average molecular weight is 299 g/mol. The van der Waals surface area contributed by atoms with Gasteiger partial charge in [-0.3, -0.25) is 0 Å². The molecule has 1 heterocycles. The van der Waals surface area contributed by atoms with Crippen molar-refractivity contribution >= 4 is 16.1 Å². The summed E-state index contributed by atoms with van der Waals surface area (Å²) in [7, 11) is -2.04. The standard InChI is InChI=1S/C12H17N3O4S/c1-19-10-2-4-11(5-3-10)20(17,18)14-7-9-15-8-6-13-12(15)16/h2-5,14H,6-9H2,1H3,(H,13,16). The highest BCUT2D eigenvalue weighted by atomic mass is 32.2. The van der Waals surface area contributed by atoms with Gasteiger partial charge in [-0.05, 0) is 24.3 Å². The smallest absolute Gasteiger partial charge is 0.317 e. The molecule has 0 aliphatic carbocycles. The first-order chi connectivity index (χ1) is 9.53. The lowest BCUT2D eigenvalue weighted by Crippen LogP contribution is -2.36. The predicted octanol–water partition coefficient (Wildman–Crippen LogP) is -0.00130. The minimum absolute atomic E-state index is 0.159. The molecule has 1 fully saturated rings. The number of benzene rings is 1. The van der Waals surface area contributed by atoms with Crippen LogP contribution in [-0.4, -0.2) is 52.6 Å². The third kappa shape index (κ3) is 3.40. The summed E-state index contributed by atoms with van der Waals surface area (Å²) in [6.45, 7) is 1.73. The fourth-order valence-corrected chi connectivity index (χ4v) is 2.90. The van der Waals surface area contributed by atoms with Gasteiger partial charge >= 0.3 is 6.03 Å². The molecule has 2 amide bonds. The first kappa shape index (κ1) is 14.6. The molecule has 1 aliphatic rings. The maximum Gasteiger partial charge on any atom is 0.317 e. The quantitative estimate of drug-likeness (QED) is 0.774. The van der Waals surface area contributed by atoms with Crippen molar-refractivity contribution in [3.63, 3.8) is 0 Å². The number of rotatable bonds is 6. The second-order valence-electron chi connectivity index (χ2n) is 4.29. The molecule has 0 aromatic heterocycles. The summed E-state index contributed by atoms with van der Waals surface area (Å²) >= 11 is 0. The topological polar surface area (TPSA) is 87.7 Å². The highest BCUT2D eigenvalue weighted by molar-refractivity contribution is 7.89. The van der Waals surface area contributed by atoms with Gasteiger partial charge in [0.15, 0.2) is 0 Å². The van der Waals surface area contributed by atoms with Gasteiger partial charge in [-0.1, -0.05) is 0 Å². The van der Waals surface area contributed by atoms with Crippen LogP contribution >= 0.6 is 0 Å². The van der Waals surface area contributed by atoms with Gasteiger partial charge in [0.1, 0.15) is 5.75 Å². The number of methoxy groups -OCH3 is 1. The van der Waals surface area contributed by atoms with Crippen LogP contribution in [0.2, 0.25) is 0 Å². The lowest BCUT2D eigenvalue weighted by molar-refractivity contribution is 0.218. The van der Waals surface area contributed by atoms with Gasteiger partial charge in [0.05, 0.1) is 12.0 Å². The zero-order chi connectivity index (χ0) is 14.6. The molecule has 0 unspecified atom stereocenters. The first-order valence-electron chi connectivity index (χ1n) is 6.19. The number of amides is 2. The molecule has 7 nitrogen and oxygen atoms in total. The number of hydrogen-bond acceptors (Lipinski definition) is 4. The number of carbonyl (C=O) groups is 1. The number of sulfonamides is 1. The van der Waals surface area contributed by atoms with E-state index in [0.717, 1.165) is 0 Å². The number of nitrogens with one attached hydrogen (secondary N) is 2. The summed E-state index contributed by atoms with van der Waals surface area (Å²) < 4.78 is 31.5. The van der Waals surface area contributed by atoms with E-state index in [9.17, 15) is 13.2 Å². The maximum absolute atomic E-state index is 12.0. The molecule has 20 heavy (non-hydrogen) atoms. The monoisotopic (exact) mass is 299 g/mol. The van der Waals surface area contributed by atoms with Crippen molar-refractivity contribution in [3.8, 4) is 5.75 Å². The van der Waals surface area contributed by atoms with Crippen LogP contribution in [0.5, 0.6) is 5.75 Å². The van der Waals surface area contributed by atoms with Crippen LogP contribution in [0.25, 0.3) is 0 Å². The number of nitrogens with zero attached hydrogens (tertiary/aromatic N) is 1. The number of urea groups is 1. The third-order valence-corrected chi connectivity index (χ3v) is 4.47. The third-order valence-electron chi connectivity index (χ3n) is 2.99. The van der Waals surface area contributed by atoms with E-state index in [0.29, 0.717) is 25.4 Å². The van der Waals surface area contributed by atoms with E-state index >= 15 is 0 Å².